The highest BCUT2D eigenvalue weighted by Crippen LogP contribution is 2.26. The standard InChI is InChI=1S/C15H20F2N4/c1-4-6-21-14(9-19-20-21)15(18-5-2)11-7-10(3)12(16)8-13(11)17/h7-9,15,18H,4-6H2,1-3H3. The van der Waals surface area contributed by atoms with Crippen molar-refractivity contribution in [3.05, 3.63) is 46.8 Å². The molecule has 1 N–H and O–H groups in total. The topological polar surface area (TPSA) is 42.7 Å². The van der Waals surface area contributed by atoms with Crippen molar-refractivity contribution in [3.63, 3.8) is 0 Å². The molecule has 0 aliphatic carbocycles. The molecule has 0 spiro atoms. The fourth-order valence-corrected chi connectivity index (χ4v) is 2.35. The van der Waals surface area contributed by atoms with Gasteiger partial charge in [-0.2, -0.15) is 0 Å². The van der Waals surface area contributed by atoms with Crippen LogP contribution in [0.15, 0.2) is 18.3 Å². The summed E-state index contributed by atoms with van der Waals surface area (Å²) in [6.45, 7) is 6.96. The molecular weight excluding hydrogens is 274 g/mol. The third-order valence-corrected chi connectivity index (χ3v) is 3.38. The maximum Gasteiger partial charge on any atom is 0.131 e. The fourth-order valence-electron chi connectivity index (χ4n) is 2.35. The summed E-state index contributed by atoms with van der Waals surface area (Å²) in [5, 5.41) is 11.2. The molecule has 114 valence electrons. The van der Waals surface area contributed by atoms with Crippen molar-refractivity contribution in [3.8, 4) is 0 Å². The number of nitrogens with zero attached hydrogens (tertiary/aromatic N) is 3. The van der Waals surface area contributed by atoms with Crippen molar-refractivity contribution in [2.45, 2.75) is 39.8 Å². The quantitative estimate of drug-likeness (QED) is 0.890. The average molecular weight is 294 g/mol. The van der Waals surface area contributed by atoms with Gasteiger partial charge in [-0.05, 0) is 31.5 Å². The van der Waals surface area contributed by atoms with Crippen LogP contribution in [0.2, 0.25) is 0 Å². The molecule has 0 aliphatic heterocycles. The van der Waals surface area contributed by atoms with Crippen molar-refractivity contribution in [2.75, 3.05) is 6.54 Å². The van der Waals surface area contributed by atoms with Crippen molar-refractivity contribution in [1.29, 1.82) is 0 Å². The highest BCUT2D eigenvalue weighted by atomic mass is 19.1. The molecule has 1 unspecified atom stereocenters. The van der Waals surface area contributed by atoms with Crippen molar-refractivity contribution >= 4 is 0 Å². The molecule has 1 aromatic carbocycles. The molecule has 21 heavy (non-hydrogen) atoms. The molecule has 2 rings (SSSR count). The summed E-state index contributed by atoms with van der Waals surface area (Å²) >= 11 is 0. The molecule has 0 bridgehead atoms. The number of hydrogen-bond acceptors (Lipinski definition) is 3. The Morgan fingerprint density at radius 2 is 2.00 bits per heavy atom. The summed E-state index contributed by atoms with van der Waals surface area (Å²) in [5.41, 5.74) is 1.61. The monoisotopic (exact) mass is 294 g/mol. The van der Waals surface area contributed by atoms with Crippen LogP contribution >= 0.6 is 0 Å². The van der Waals surface area contributed by atoms with Crippen LogP contribution in [0, 0.1) is 18.6 Å². The van der Waals surface area contributed by atoms with E-state index in [4.69, 9.17) is 0 Å². The Hall–Kier alpha value is -1.82. The van der Waals surface area contributed by atoms with Gasteiger partial charge >= 0.3 is 0 Å². The Morgan fingerprint density at radius 3 is 2.67 bits per heavy atom. The first-order chi connectivity index (χ1) is 10.1. The van der Waals surface area contributed by atoms with E-state index in [1.54, 1.807) is 23.9 Å². The smallest absolute Gasteiger partial charge is 0.131 e. The van der Waals surface area contributed by atoms with E-state index in [0.29, 0.717) is 24.2 Å². The maximum atomic E-state index is 14.2. The first-order valence-electron chi connectivity index (χ1n) is 7.15. The number of nitrogens with one attached hydrogen (secondary N) is 1. The molecule has 4 nitrogen and oxygen atoms in total. The van der Waals surface area contributed by atoms with Gasteiger partial charge in [0.1, 0.15) is 11.6 Å². The summed E-state index contributed by atoms with van der Waals surface area (Å²) in [5.74, 6) is -1.10. The largest absolute Gasteiger partial charge is 0.305 e. The predicted octanol–water partition coefficient (Wildman–Crippen LogP) is 2.97. The van der Waals surface area contributed by atoms with Crippen LogP contribution < -0.4 is 5.32 Å². The zero-order valence-corrected chi connectivity index (χ0v) is 12.5. The average Bonchev–Trinajstić information content (AvgIpc) is 2.89. The number of halogens is 2. The van der Waals surface area contributed by atoms with Crippen LogP contribution in [0.5, 0.6) is 0 Å². The van der Waals surface area contributed by atoms with Gasteiger partial charge in [-0.15, -0.1) is 5.10 Å². The van der Waals surface area contributed by atoms with Crippen LogP contribution in [-0.2, 0) is 6.54 Å². The normalized spacial score (nSPS) is 12.6. The Kier molecular flexibility index (Phi) is 5.01. The van der Waals surface area contributed by atoms with E-state index >= 15 is 0 Å². The summed E-state index contributed by atoms with van der Waals surface area (Å²) in [6.07, 6.45) is 2.53. The summed E-state index contributed by atoms with van der Waals surface area (Å²) < 4.78 is 29.4. The van der Waals surface area contributed by atoms with Crippen LogP contribution in [0.3, 0.4) is 0 Å². The Morgan fingerprint density at radius 1 is 1.24 bits per heavy atom. The lowest BCUT2D eigenvalue weighted by atomic mass is 10.0. The second-order valence-corrected chi connectivity index (χ2v) is 5.00. The van der Waals surface area contributed by atoms with Gasteiger partial charge in [0.2, 0.25) is 0 Å². The van der Waals surface area contributed by atoms with Gasteiger partial charge in [0, 0.05) is 18.2 Å². The molecule has 6 heteroatoms. The molecule has 0 amide bonds. The van der Waals surface area contributed by atoms with Crippen molar-refractivity contribution < 1.29 is 8.78 Å². The third-order valence-electron chi connectivity index (χ3n) is 3.38. The molecule has 1 heterocycles. The van der Waals surface area contributed by atoms with Gasteiger partial charge in [0.05, 0.1) is 17.9 Å². The van der Waals surface area contributed by atoms with E-state index in [-0.39, 0.29) is 0 Å². The minimum absolute atomic E-state index is 0.393. The van der Waals surface area contributed by atoms with Gasteiger partial charge in [0.25, 0.3) is 0 Å². The summed E-state index contributed by atoms with van der Waals surface area (Å²) in [4.78, 5) is 0. The van der Waals surface area contributed by atoms with Gasteiger partial charge in [-0.25, -0.2) is 13.5 Å². The lowest BCUT2D eigenvalue weighted by Crippen LogP contribution is -2.26. The molecular formula is C15H20F2N4. The van der Waals surface area contributed by atoms with Gasteiger partial charge in [0.15, 0.2) is 0 Å². The van der Waals surface area contributed by atoms with Gasteiger partial charge < -0.3 is 5.32 Å². The Labute approximate surface area is 123 Å². The Balaban J connectivity index is 2.48. The molecule has 0 saturated carbocycles. The lowest BCUT2D eigenvalue weighted by molar-refractivity contribution is 0.491. The highest BCUT2D eigenvalue weighted by molar-refractivity contribution is 5.32. The van der Waals surface area contributed by atoms with Gasteiger partial charge in [-0.1, -0.05) is 19.1 Å². The van der Waals surface area contributed by atoms with Crippen LogP contribution in [0.25, 0.3) is 0 Å². The first-order valence-corrected chi connectivity index (χ1v) is 7.15. The van der Waals surface area contributed by atoms with Crippen LogP contribution in [0.4, 0.5) is 8.78 Å². The Bertz CT molecular complexity index is 610. The second-order valence-electron chi connectivity index (χ2n) is 5.00. The molecule has 0 saturated heterocycles. The first kappa shape index (κ1) is 15.6. The van der Waals surface area contributed by atoms with Crippen molar-refractivity contribution in [2.24, 2.45) is 0 Å². The summed E-state index contributed by atoms with van der Waals surface area (Å²) in [6, 6.07) is 2.08. The minimum Gasteiger partial charge on any atom is -0.305 e. The summed E-state index contributed by atoms with van der Waals surface area (Å²) in [7, 11) is 0. The third kappa shape index (κ3) is 3.26. The van der Waals surface area contributed by atoms with Crippen LogP contribution in [0.1, 0.15) is 43.1 Å². The molecule has 0 aliphatic rings. The number of aryl methyl sites for hydroxylation is 2. The van der Waals surface area contributed by atoms with E-state index in [0.717, 1.165) is 18.2 Å². The predicted molar refractivity (Wildman–Crippen MR) is 76.9 cm³/mol. The molecule has 0 radical (unpaired) electrons. The molecule has 1 aromatic heterocycles. The molecule has 1 atom stereocenters. The zero-order valence-electron chi connectivity index (χ0n) is 12.5. The number of aromatic nitrogens is 3. The van der Waals surface area contributed by atoms with E-state index in [1.807, 2.05) is 13.8 Å². The van der Waals surface area contributed by atoms with E-state index in [9.17, 15) is 8.78 Å². The van der Waals surface area contributed by atoms with E-state index in [2.05, 4.69) is 15.6 Å². The fraction of sp³-hybridized carbons (Fsp3) is 0.467. The lowest BCUT2D eigenvalue weighted by Gasteiger charge is -2.20. The SMILES string of the molecule is CCCn1nncc1C(NCC)c1cc(C)c(F)cc1F. The zero-order chi connectivity index (χ0) is 15.4. The minimum atomic E-state index is -0.562. The number of rotatable bonds is 6. The van der Waals surface area contributed by atoms with Crippen LogP contribution in [-0.4, -0.2) is 21.5 Å². The number of benzene rings is 1. The highest BCUT2D eigenvalue weighted by Gasteiger charge is 2.22. The molecule has 0 fully saturated rings. The number of hydrogen-bond donors (Lipinski definition) is 1. The second kappa shape index (κ2) is 6.76. The van der Waals surface area contributed by atoms with Gasteiger partial charge in [-0.3, -0.25) is 0 Å². The van der Waals surface area contributed by atoms with E-state index in [1.165, 1.54) is 0 Å². The molecule has 2 aromatic rings. The van der Waals surface area contributed by atoms with E-state index < -0.39 is 17.7 Å². The van der Waals surface area contributed by atoms with Crippen molar-refractivity contribution in [1.82, 2.24) is 20.3 Å². The maximum absolute atomic E-state index is 14.2.